The normalized spacial score (nSPS) is 14.9. The van der Waals surface area contributed by atoms with Crippen LogP contribution in [0.25, 0.3) is 0 Å². The Labute approximate surface area is 164 Å². The van der Waals surface area contributed by atoms with E-state index in [1.54, 1.807) is 29.2 Å². The lowest BCUT2D eigenvalue weighted by molar-refractivity contribution is 0.0657. The Morgan fingerprint density at radius 3 is 2.61 bits per heavy atom. The number of carbonyl (C=O) groups excluding carboxylic acids is 1. The van der Waals surface area contributed by atoms with Gasteiger partial charge in [0.15, 0.2) is 23.2 Å². The van der Waals surface area contributed by atoms with Crippen LogP contribution < -0.4 is 10.1 Å². The second-order valence-electron chi connectivity index (χ2n) is 6.43. The summed E-state index contributed by atoms with van der Waals surface area (Å²) in [5, 5.41) is 13.2. The van der Waals surface area contributed by atoms with Crippen molar-refractivity contribution >= 4 is 11.9 Å². The molecule has 0 aliphatic carbocycles. The van der Waals surface area contributed by atoms with Crippen molar-refractivity contribution in [2.75, 3.05) is 39.8 Å². The number of benzene rings is 1. The fourth-order valence-corrected chi connectivity index (χ4v) is 3.10. The number of carbonyl (C=O) groups is 1. The molecule has 8 nitrogen and oxygen atoms in total. The zero-order valence-corrected chi connectivity index (χ0v) is 16.2. The van der Waals surface area contributed by atoms with Crippen LogP contribution in [0.2, 0.25) is 0 Å². The second kappa shape index (κ2) is 9.16. The number of guanidine groups is 1. The van der Waals surface area contributed by atoms with Crippen LogP contribution in [0.5, 0.6) is 11.5 Å². The zero-order chi connectivity index (χ0) is 19.9. The number of hydrogen-bond acceptors (Lipinski definition) is 5. The van der Waals surface area contributed by atoms with Crippen LogP contribution in [-0.4, -0.2) is 66.6 Å². The summed E-state index contributed by atoms with van der Waals surface area (Å²) in [5.74, 6) is 1.62. The molecule has 0 atom stereocenters. The molecule has 2 heterocycles. The highest BCUT2D eigenvalue weighted by atomic mass is 16.5. The highest BCUT2D eigenvalue weighted by Gasteiger charge is 2.25. The highest BCUT2D eigenvalue weighted by molar-refractivity contribution is 5.91. The van der Waals surface area contributed by atoms with Crippen LogP contribution >= 0.6 is 0 Å². The third-order valence-electron chi connectivity index (χ3n) is 4.59. The molecular weight excluding hydrogens is 360 g/mol. The Morgan fingerprint density at radius 2 is 2.00 bits per heavy atom. The molecule has 1 aromatic heterocycles. The van der Waals surface area contributed by atoms with Crippen molar-refractivity contribution in [3.8, 4) is 11.5 Å². The number of nitrogens with one attached hydrogen (secondary N) is 1. The number of hydrogen-bond donors (Lipinski definition) is 2. The van der Waals surface area contributed by atoms with E-state index in [0.717, 1.165) is 18.1 Å². The molecule has 0 radical (unpaired) electrons. The number of rotatable bonds is 5. The number of aliphatic imine (C=N–C) groups is 1. The minimum absolute atomic E-state index is 0.0831. The fraction of sp³-hybridized carbons (Fsp3) is 0.400. The molecule has 1 fully saturated rings. The Bertz CT molecular complexity index is 812. The molecule has 8 heteroatoms. The molecule has 1 saturated heterocycles. The van der Waals surface area contributed by atoms with Gasteiger partial charge in [0.1, 0.15) is 0 Å². The van der Waals surface area contributed by atoms with Crippen molar-refractivity contribution < 1.29 is 19.1 Å². The lowest BCUT2D eigenvalue weighted by Gasteiger charge is -2.36. The summed E-state index contributed by atoms with van der Waals surface area (Å²) >= 11 is 0. The van der Waals surface area contributed by atoms with E-state index in [4.69, 9.17) is 9.15 Å². The summed E-state index contributed by atoms with van der Waals surface area (Å²) in [4.78, 5) is 21.0. The van der Waals surface area contributed by atoms with Crippen LogP contribution in [0.4, 0.5) is 0 Å². The first-order chi connectivity index (χ1) is 13.6. The summed E-state index contributed by atoms with van der Waals surface area (Å²) < 4.78 is 10.3. The lowest BCUT2D eigenvalue weighted by Crippen LogP contribution is -2.53. The molecule has 28 heavy (non-hydrogen) atoms. The van der Waals surface area contributed by atoms with E-state index in [1.165, 1.54) is 13.4 Å². The molecule has 0 bridgehead atoms. The van der Waals surface area contributed by atoms with Crippen molar-refractivity contribution in [3.63, 3.8) is 0 Å². The molecule has 2 aromatic rings. The van der Waals surface area contributed by atoms with E-state index in [-0.39, 0.29) is 11.7 Å². The number of methoxy groups -OCH3 is 1. The van der Waals surface area contributed by atoms with Gasteiger partial charge < -0.3 is 29.4 Å². The van der Waals surface area contributed by atoms with Gasteiger partial charge >= 0.3 is 0 Å². The lowest BCUT2D eigenvalue weighted by atomic mass is 10.2. The minimum atomic E-state index is -0.0831. The first kappa shape index (κ1) is 19.6. The van der Waals surface area contributed by atoms with Crippen molar-refractivity contribution in [2.45, 2.75) is 13.5 Å². The standard InChI is InChI=1S/C20H26N4O4/c1-3-21-20(22-14-15-6-7-17(27-2)16(25)13-15)24-10-8-23(9-11-24)19(26)18-5-4-12-28-18/h4-7,12-13,25H,3,8-11,14H2,1-2H3,(H,21,22). The van der Waals surface area contributed by atoms with Crippen molar-refractivity contribution in [2.24, 2.45) is 4.99 Å². The maximum absolute atomic E-state index is 12.4. The van der Waals surface area contributed by atoms with Gasteiger partial charge in [0.05, 0.1) is 19.9 Å². The first-order valence-electron chi connectivity index (χ1n) is 9.34. The molecule has 0 saturated carbocycles. The SMILES string of the molecule is CCNC(=NCc1ccc(OC)c(O)c1)N1CCN(C(=O)c2ccco2)CC1. The van der Waals surface area contributed by atoms with E-state index in [9.17, 15) is 9.90 Å². The van der Waals surface area contributed by atoms with Gasteiger partial charge in [-0.25, -0.2) is 4.99 Å². The van der Waals surface area contributed by atoms with E-state index in [1.807, 2.05) is 13.0 Å². The smallest absolute Gasteiger partial charge is 0.289 e. The number of ether oxygens (including phenoxy) is 1. The topological polar surface area (TPSA) is 90.5 Å². The third-order valence-corrected chi connectivity index (χ3v) is 4.59. The molecular formula is C20H26N4O4. The van der Waals surface area contributed by atoms with Gasteiger partial charge in [-0.05, 0) is 36.8 Å². The molecule has 1 aromatic carbocycles. The summed E-state index contributed by atoms with van der Waals surface area (Å²) in [6.45, 7) is 5.79. The van der Waals surface area contributed by atoms with E-state index < -0.39 is 0 Å². The van der Waals surface area contributed by atoms with E-state index in [0.29, 0.717) is 44.2 Å². The number of phenols is 1. The van der Waals surface area contributed by atoms with E-state index >= 15 is 0 Å². The second-order valence-corrected chi connectivity index (χ2v) is 6.43. The predicted octanol–water partition coefficient (Wildman–Crippen LogP) is 1.92. The monoisotopic (exact) mass is 386 g/mol. The number of phenolic OH excluding ortho intramolecular Hbond substituents is 1. The summed E-state index contributed by atoms with van der Waals surface area (Å²) in [5.41, 5.74) is 0.889. The maximum atomic E-state index is 12.4. The highest BCUT2D eigenvalue weighted by Crippen LogP contribution is 2.26. The number of furan rings is 1. The van der Waals surface area contributed by atoms with E-state index in [2.05, 4.69) is 15.2 Å². The maximum Gasteiger partial charge on any atom is 0.289 e. The first-order valence-corrected chi connectivity index (χ1v) is 9.34. The summed E-state index contributed by atoms with van der Waals surface area (Å²) in [6, 6.07) is 8.67. The number of amides is 1. The van der Waals surface area contributed by atoms with Crippen LogP contribution in [0.1, 0.15) is 23.0 Å². The minimum Gasteiger partial charge on any atom is -0.504 e. The van der Waals surface area contributed by atoms with Gasteiger partial charge in [-0.15, -0.1) is 0 Å². The number of nitrogens with zero attached hydrogens (tertiary/aromatic N) is 3. The predicted molar refractivity (Wildman–Crippen MR) is 106 cm³/mol. The van der Waals surface area contributed by atoms with Gasteiger partial charge in [-0.1, -0.05) is 6.07 Å². The largest absolute Gasteiger partial charge is 0.504 e. The molecule has 0 unspecified atom stereocenters. The Balaban J connectivity index is 1.62. The summed E-state index contributed by atoms with van der Waals surface area (Å²) in [7, 11) is 1.52. The van der Waals surface area contributed by atoms with Crippen LogP contribution in [0.15, 0.2) is 46.0 Å². The van der Waals surface area contributed by atoms with Crippen molar-refractivity contribution in [1.82, 2.24) is 15.1 Å². The Hall–Kier alpha value is -3.16. The van der Waals surface area contributed by atoms with Crippen molar-refractivity contribution in [1.29, 1.82) is 0 Å². The van der Waals surface area contributed by atoms with Gasteiger partial charge in [-0.2, -0.15) is 0 Å². The van der Waals surface area contributed by atoms with Crippen LogP contribution in [0, 0.1) is 0 Å². The van der Waals surface area contributed by atoms with Crippen LogP contribution in [0.3, 0.4) is 0 Å². The number of piperazine rings is 1. The van der Waals surface area contributed by atoms with Crippen molar-refractivity contribution in [3.05, 3.63) is 47.9 Å². The molecule has 150 valence electrons. The molecule has 0 spiro atoms. The van der Waals surface area contributed by atoms with Crippen LogP contribution in [-0.2, 0) is 6.54 Å². The summed E-state index contributed by atoms with van der Waals surface area (Å²) in [6.07, 6.45) is 1.51. The number of aromatic hydroxyl groups is 1. The quantitative estimate of drug-likeness (QED) is 0.603. The molecule has 1 aliphatic rings. The Morgan fingerprint density at radius 1 is 1.25 bits per heavy atom. The average molecular weight is 386 g/mol. The molecule has 3 rings (SSSR count). The molecule has 2 N–H and O–H groups in total. The molecule has 1 aliphatic heterocycles. The molecule has 1 amide bonds. The third kappa shape index (κ3) is 4.57. The zero-order valence-electron chi connectivity index (χ0n) is 16.2. The fourth-order valence-electron chi connectivity index (χ4n) is 3.10. The van der Waals surface area contributed by atoms with Gasteiger partial charge in [-0.3, -0.25) is 4.79 Å². The average Bonchev–Trinajstić information content (AvgIpc) is 3.26. The van der Waals surface area contributed by atoms with Gasteiger partial charge in [0, 0.05) is 32.7 Å². The van der Waals surface area contributed by atoms with Gasteiger partial charge in [0.2, 0.25) is 0 Å². The van der Waals surface area contributed by atoms with Gasteiger partial charge in [0.25, 0.3) is 5.91 Å². The Kier molecular flexibility index (Phi) is 6.41.